The summed E-state index contributed by atoms with van der Waals surface area (Å²) in [6.45, 7) is 0.378. The Kier molecular flexibility index (Phi) is 1.84. The number of rotatable bonds is 2. The predicted molar refractivity (Wildman–Crippen MR) is 44.6 cm³/mol. The van der Waals surface area contributed by atoms with E-state index >= 15 is 0 Å². The van der Waals surface area contributed by atoms with Gasteiger partial charge in [-0.2, -0.15) is 0 Å². The lowest BCUT2D eigenvalue weighted by Gasteiger charge is -2.01. The molecule has 0 saturated carbocycles. The van der Waals surface area contributed by atoms with Gasteiger partial charge >= 0.3 is 11.9 Å². The van der Waals surface area contributed by atoms with E-state index in [0.29, 0.717) is 12.3 Å². The Morgan fingerprint density at radius 1 is 1.57 bits per heavy atom. The minimum atomic E-state index is -0.617. The fraction of sp³-hybridized carbons (Fsp3) is 0.286. The van der Waals surface area contributed by atoms with Crippen LogP contribution in [0, 0.1) is 10.1 Å². The van der Waals surface area contributed by atoms with Crippen LogP contribution < -0.4 is 10.6 Å². The van der Waals surface area contributed by atoms with Crippen LogP contribution in [-0.2, 0) is 0 Å². The lowest BCUT2D eigenvalue weighted by atomic mass is 10.2. The molecule has 7 heteroatoms. The lowest BCUT2D eigenvalue weighted by Crippen LogP contribution is -2.21. The molecule has 1 aromatic rings. The van der Waals surface area contributed by atoms with Crippen molar-refractivity contribution in [3.8, 4) is 0 Å². The molecule has 2 amide bonds. The number of furan rings is 1. The molecule has 2 rings (SSSR count). The van der Waals surface area contributed by atoms with Crippen molar-refractivity contribution in [1.29, 1.82) is 0 Å². The van der Waals surface area contributed by atoms with Crippen molar-refractivity contribution < 1.29 is 14.1 Å². The van der Waals surface area contributed by atoms with Gasteiger partial charge in [0.25, 0.3) is 0 Å². The Labute approximate surface area is 78.2 Å². The van der Waals surface area contributed by atoms with E-state index in [1.807, 2.05) is 0 Å². The van der Waals surface area contributed by atoms with Gasteiger partial charge in [0.2, 0.25) is 0 Å². The van der Waals surface area contributed by atoms with Crippen LogP contribution in [0.1, 0.15) is 11.8 Å². The maximum Gasteiger partial charge on any atom is 0.433 e. The molecule has 0 unspecified atom stereocenters. The molecule has 0 radical (unpaired) electrons. The molecule has 1 atom stereocenters. The highest BCUT2D eigenvalue weighted by atomic mass is 16.6. The SMILES string of the molecule is O=C1NC[C@H](c2ccc([N+](=O)[O-])o2)N1. The van der Waals surface area contributed by atoms with Gasteiger partial charge in [-0.05, 0) is 6.07 Å². The van der Waals surface area contributed by atoms with Gasteiger partial charge in [0.15, 0.2) is 0 Å². The largest absolute Gasteiger partial charge is 0.433 e. The first-order valence-electron chi connectivity index (χ1n) is 3.95. The number of hydrogen-bond donors (Lipinski definition) is 2. The number of nitro groups is 1. The predicted octanol–water partition coefficient (Wildman–Crippen LogP) is 0.542. The molecule has 0 spiro atoms. The molecule has 1 aliphatic rings. The number of carbonyl (C=O) groups is 1. The first kappa shape index (κ1) is 8.54. The van der Waals surface area contributed by atoms with Gasteiger partial charge in [-0.1, -0.05) is 0 Å². The van der Waals surface area contributed by atoms with Crippen molar-refractivity contribution in [2.24, 2.45) is 0 Å². The van der Waals surface area contributed by atoms with E-state index in [1.165, 1.54) is 12.1 Å². The van der Waals surface area contributed by atoms with Gasteiger partial charge in [0.1, 0.15) is 16.7 Å². The molecule has 2 heterocycles. The summed E-state index contributed by atoms with van der Waals surface area (Å²) in [5.74, 6) is 0.0659. The van der Waals surface area contributed by atoms with Gasteiger partial charge in [-0.3, -0.25) is 10.1 Å². The third kappa shape index (κ3) is 1.39. The van der Waals surface area contributed by atoms with Crippen molar-refractivity contribution in [2.75, 3.05) is 6.54 Å². The molecular formula is C7H7N3O4. The Bertz CT molecular complexity index is 386. The van der Waals surface area contributed by atoms with Crippen LogP contribution in [0.3, 0.4) is 0 Å². The van der Waals surface area contributed by atoms with Gasteiger partial charge in [0, 0.05) is 6.54 Å². The molecule has 0 bridgehead atoms. The average Bonchev–Trinajstić information content (AvgIpc) is 2.70. The normalized spacial score (nSPS) is 20.3. The zero-order chi connectivity index (χ0) is 10.1. The molecule has 1 aromatic heterocycles. The third-order valence-corrected chi connectivity index (χ3v) is 1.91. The average molecular weight is 197 g/mol. The van der Waals surface area contributed by atoms with E-state index in [4.69, 9.17) is 4.42 Å². The van der Waals surface area contributed by atoms with Crippen LogP contribution in [0.2, 0.25) is 0 Å². The Morgan fingerprint density at radius 3 is 2.86 bits per heavy atom. The van der Waals surface area contributed by atoms with Gasteiger partial charge in [-0.25, -0.2) is 4.79 Å². The van der Waals surface area contributed by atoms with E-state index in [1.54, 1.807) is 0 Å². The molecule has 1 saturated heterocycles. The molecule has 0 aromatic carbocycles. The molecule has 1 fully saturated rings. The highest BCUT2D eigenvalue weighted by Crippen LogP contribution is 2.22. The maximum atomic E-state index is 10.8. The molecule has 1 aliphatic heterocycles. The van der Waals surface area contributed by atoms with Gasteiger partial charge in [0.05, 0.1) is 6.07 Å². The number of carbonyl (C=O) groups excluding carboxylic acids is 1. The van der Waals surface area contributed by atoms with Crippen molar-refractivity contribution in [3.05, 3.63) is 28.0 Å². The second-order valence-corrected chi connectivity index (χ2v) is 2.84. The second-order valence-electron chi connectivity index (χ2n) is 2.84. The number of urea groups is 1. The van der Waals surface area contributed by atoms with Crippen LogP contribution in [0.4, 0.5) is 10.7 Å². The first-order valence-corrected chi connectivity index (χ1v) is 3.95. The monoisotopic (exact) mass is 197 g/mol. The van der Waals surface area contributed by atoms with Crippen molar-refractivity contribution in [3.63, 3.8) is 0 Å². The van der Waals surface area contributed by atoms with Crippen LogP contribution in [0.25, 0.3) is 0 Å². The summed E-state index contributed by atoms with van der Waals surface area (Å²) >= 11 is 0. The van der Waals surface area contributed by atoms with Gasteiger partial charge < -0.3 is 15.1 Å². The van der Waals surface area contributed by atoms with Crippen LogP contribution in [-0.4, -0.2) is 17.5 Å². The summed E-state index contributed by atoms with van der Waals surface area (Å²) in [4.78, 5) is 20.5. The fourth-order valence-electron chi connectivity index (χ4n) is 1.25. The lowest BCUT2D eigenvalue weighted by molar-refractivity contribution is -0.402. The molecule has 74 valence electrons. The summed E-state index contributed by atoms with van der Waals surface area (Å²) in [6, 6.07) is 2.13. The number of amides is 2. The van der Waals surface area contributed by atoms with E-state index < -0.39 is 4.92 Å². The molecule has 2 N–H and O–H groups in total. The summed E-state index contributed by atoms with van der Waals surface area (Å²) in [5, 5.41) is 15.4. The second kappa shape index (κ2) is 3.02. The number of hydrogen-bond acceptors (Lipinski definition) is 4. The van der Waals surface area contributed by atoms with E-state index in [0.717, 1.165) is 0 Å². The third-order valence-electron chi connectivity index (χ3n) is 1.91. The summed E-state index contributed by atoms with van der Waals surface area (Å²) in [5.41, 5.74) is 0. The maximum absolute atomic E-state index is 10.8. The van der Waals surface area contributed by atoms with Crippen molar-refractivity contribution in [1.82, 2.24) is 10.6 Å². The molecule has 14 heavy (non-hydrogen) atoms. The van der Waals surface area contributed by atoms with Crippen LogP contribution in [0.15, 0.2) is 16.5 Å². The minimum Gasteiger partial charge on any atom is -0.404 e. The summed E-state index contributed by atoms with van der Waals surface area (Å²) in [6.07, 6.45) is 0. The summed E-state index contributed by atoms with van der Waals surface area (Å²) in [7, 11) is 0. The van der Waals surface area contributed by atoms with Crippen LogP contribution in [0.5, 0.6) is 0 Å². The Balaban J connectivity index is 2.17. The van der Waals surface area contributed by atoms with Crippen molar-refractivity contribution >= 4 is 11.9 Å². The highest BCUT2D eigenvalue weighted by molar-refractivity contribution is 5.76. The summed E-state index contributed by atoms with van der Waals surface area (Å²) < 4.78 is 4.92. The first-order chi connectivity index (χ1) is 6.66. The standard InChI is InChI=1S/C7H7N3O4/c11-7-8-3-4(9-7)5-1-2-6(14-5)10(12)13/h1-2,4H,3H2,(H2,8,9,11)/t4-/m1/s1. The quantitative estimate of drug-likeness (QED) is 0.534. The topological polar surface area (TPSA) is 97.4 Å². The smallest absolute Gasteiger partial charge is 0.404 e. The van der Waals surface area contributed by atoms with E-state index in [2.05, 4.69) is 10.6 Å². The van der Waals surface area contributed by atoms with Gasteiger partial charge in [-0.15, -0.1) is 0 Å². The van der Waals surface area contributed by atoms with E-state index in [9.17, 15) is 14.9 Å². The Hall–Kier alpha value is -2.05. The molecule has 7 nitrogen and oxygen atoms in total. The zero-order valence-electron chi connectivity index (χ0n) is 7.02. The fourth-order valence-corrected chi connectivity index (χ4v) is 1.25. The zero-order valence-corrected chi connectivity index (χ0v) is 7.02. The number of nitrogens with one attached hydrogen (secondary N) is 2. The van der Waals surface area contributed by atoms with E-state index in [-0.39, 0.29) is 18.0 Å². The van der Waals surface area contributed by atoms with Crippen LogP contribution >= 0.6 is 0 Å². The minimum absolute atomic E-state index is 0.297. The molecule has 0 aliphatic carbocycles. The Morgan fingerprint density at radius 2 is 2.36 bits per heavy atom. The van der Waals surface area contributed by atoms with Crippen molar-refractivity contribution in [2.45, 2.75) is 6.04 Å². The number of nitrogens with zero attached hydrogens (tertiary/aromatic N) is 1. The molecular weight excluding hydrogens is 190 g/mol. The highest BCUT2D eigenvalue weighted by Gasteiger charge is 2.26.